The van der Waals surface area contributed by atoms with Crippen LogP contribution < -0.4 is 10.3 Å². The second kappa shape index (κ2) is 8.09. The van der Waals surface area contributed by atoms with Gasteiger partial charge in [0.25, 0.3) is 5.91 Å². The highest BCUT2D eigenvalue weighted by Gasteiger charge is 2.35. The summed E-state index contributed by atoms with van der Waals surface area (Å²) in [6.07, 6.45) is 2.09. The fourth-order valence-corrected chi connectivity index (χ4v) is 3.75. The van der Waals surface area contributed by atoms with Crippen LogP contribution in [0.2, 0.25) is 0 Å². The van der Waals surface area contributed by atoms with E-state index in [9.17, 15) is 9.90 Å². The van der Waals surface area contributed by atoms with Crippen LogP contribution in [0.25, 0.3) is 0 Å². The first-order chi connectivity index (χ1) is 14.1. The highest BCUT2D eigenvalue weighted by Crippen LogP contribution is 2.36. The number of nitrogens with one attached hydrogen (secondary N) is 1. The topological polar surface area (TPSA) is 64.9 Å². The molecule has 2 N–H and O–H groups in total. The number of para-hydroxylation sites is 2. The number of aryl methyl sites for hydroxylation is 1. The lowest BCUT2D eigenvalue weighted by molar-refractivity contribution is -0.111. The van der Waals surface area contributed by atoms with E-state index in [4.69, 9.17) is 0 Å². The van der Waals surface area contributed by atoms with Crippen LogP contribution in [-0.4, -0.2) is 16.7 Å². The number of hydrogen-bond acceptors (Lipinski definition) is 4. The number of fused-ring (bicyclic) bond motifs is 1. The summed E-state index contributed by atoms with van der Waals surface area (Å²) in [5.74, 6) is -0.171. The van der Waals surface area contributed by atoms with Crippen molar-refractivity contribution in [2.24, 2.45) is 5.10 Å². The van der Waals surface area contributed by atoms with Crippen LogP contribution in [0, 0.1) is 0 Å². The fourth-order valence-electron chi connectivity index (χ4n) is 3.39. The number of rotatable bonds is 5. The Kier molecular flexibility index (Phi) is 5.36. The molecule has 0 saturated carbocycles. The molecule has 3 aromatic carbocycles. The molecule has 4 rings (SSSR count). The quantitative estimate of drug-likeness (QED) is 0.393. The van der Waals surface area contributed by atoms with Gasteiger partial charge in [0, 0.05) is 11.3 Å². The molecule has 0 fully saturated rings. The second-order valence-corrected chi connectivity index (χ2v) is 7.64. The molecule has 1 amide bonds. The molecular weight excluding hydrogens is 430 g/mol. The third-order valence-electron chi connectivity index (χ3n) is 4.81. The molecule has 0 bridgehead atoms. The van der Waals surface area contributed by atoms with E-state index in [1.165, 1.54) is 5.56 Å². The summed E-state index contributed by atoms with van der Waals surface area (Å²) in [5.41, 5.74) is 7.13. The number of phenols is 1. The van der Waals surface area contributed by atoms with Gasteiger partial charge < -0.3 is 5.11 Å². The fraction of sp³-hybridized carbons (Fsp3) is 0.130. The highest BCUT2D eigenvalue weighted by molar-refractivity contribution is 9.10. The predicted octanol–water partition coefficient (Wildman–Crippen LogP) is 5.60. The van der Waals surface area contributed by atoms with Gasteiger partial charge in [-0.2, -0.15) is 5.10 Å². The van der Waals surface area contributed by atoms with Crippen LogP contribution in [0.5, 0.6) is 5.75 Å². The van der Waals surface area contributed by atoms with E-state index in [1.54, 1.807) is 23.1 Å². The minimum absolute atomic E-state index is 0.0407. The van der Waals surface area contributed by atoms with Gasteiger partial charge in [0.15, 0.2) is 11.5 Å². The van der Waals surface area contributed by atoms with Gasteiger partial charge in [-0.25, -0.2) is 0 Å². The van der Waals surface area contributed by atoms with Gasteiger partial charge in [0.1, 0.15) is 0 Å². The number of halogens is 1. The van der Waals surface area contributed by atoms with Crippen LogP contribution in [0.1, 0.15) is 24.5 Å². The maximum atomic E-state index is 13.2. The summed E-state index contributed by atoms with van der Waals surface area (Å²) < 4.78 is 0.551. The third kappa shape index (κ3) is 3.63. The lowest BCUT2D eigenvalue weighted by Crippen LogP contribution is -2.26. The first kappa shape index (κ1) is 19.2. The number of phenolic OH excluding ortho intramolecular Hbond substituents is 1. The van der Waals surface area contributed by atoms with Crippen LogP contribution in [-0.2, 0) is 11.2 Å². The largest absolute Gasteiger partial charge is 0.505 e. The molecule has 0 aliphatic carbocycles. The molecule has 0 unspecified atom stereocenters. The number of carbonyl (C=O) groups excluding carboxylic acids is 1. The van der Waals surface area contributed by atoms with Gasteiger partial charge in [-0.15, -0.1) is 0 Å². The van der Waals surface area contributed by atoms with Crippen LogP contribution in [0.15, 0.2) is 76.3 Å². The van der Waals surface area contributed by atoms with E-state index in [0.29, 0.717) is 15.9 Å². The molecule has 0 saturated heterocycles. The van der Waals surface area contributed by atoms with Gasteiger partial charge >= 0.3 is 0 Å². The molecule has 0 radical (unpaired) electrons. The van der Waals surface area contributed by atoms with Crippen molar-refractivity contribution in [2.45, 2.75) is 19.8 Å². The zero-order valence-corrected chi connectivity index (χ0v) is 17.5. The Hall–Kier alpha value is -3.12. The van der Waals surface area contributed by atoms with Crippen molar-refractivity contribution in [3.8, 4) is 5.75 Å². The van der Waals surface area contributed by atoms with E-state index in [0.717, 1.165) is 29.8 Å². The summed E-state index contributed by atoms with van der Waals surface area (Å²) in [6.45, 7) is 2.15. The molecule has 6 heteroatoms. The molecule has 1 heterocycles. The number of hydrogen-bond donors (Lipinski definition) is 2. The zero-order chi connectivity index (χ0) is 20.4. The van der Waals surface area contributed by atoms with Crippen molar-refractivity contribution in [1.82, 2.24) is 0 Å². The Labute approximate surface area is 177 Å². The minimum Gasteiger partial charge on any atom is -0.505 e. The average Bonchev–Trinajstić information content (AvgIpc) is 3.01. The van der Waals surface area contributed by atoms with Crippen molar-refractivity contribution >= 4 is 44.6 Å². The molecular formula is C23H20BrN3O2. The summed E-state index contributed by atoms with van der Waals surface area (Å²) in [5, 5.41) is 14.5. The average molecular weight is 450 g/mol. The Morgan fingerprint density at radius 3 is 2.55 bits per heavy atom. The Bertz CT molecular complexity index is 1090. The molecule has 0 spiro atoms. The smallest absolute Gasteiger partial charge is 0.283 e. The Morgan fingerprint density at radius 2 is 1.79 bits per heavy atom. The summed E-state index contributed by atoms with van der Waals surface area (Å²) >= 11 is 3.28. The van der Waals surface area contributed by atoms with Gasteiger partial charge in [-0.05, 0) is 58.2 Å². The molecule has 3 aromatic rings. The first-order valence-corrected chi connectivity index (χ1v) is 10.2. The molecule has 1 aliphatic rings. The maximum absolute atomic E-state index is 13.2. The molecule has 0 aromatic heterocycles. The number of hydrazone groups is 1. The van der Waals surface area contributed by atoms with Gasteiger partial charge in [-0.1, -0.05) is 49.7 Å². The lowest BCUT2D eigenvalue weighted by atomic mass is 10.1. The number of anilines is 3. The SMILES string of the molecule is CCCc1ccc(N2C(=O)/C(=N\Nc3cccc(Br)c3O)c3ccccc32)cc1. The number of nitrogens with zero attached hydrogens (tertiary/aromatic N) is 2. The van der Waals surface area contributed by atoms with Crippen LogP contribution in [0.3, 0.4) is 0 Å². The zero-order valence-electron chi connectivity index (χ0n) is 15.9. The van der Waals surface area contributed by atoms with Crippen molar-refractivity contribution in [3.05, 3.63) is 82.3 Å². The van der Waals surface area contributed by atoms with E-state index in [2.05, 4.69) is 45.5 Å². The molecule has 29 heavy (non-hydrogen) atoms. The van der Waals surface area contributed by atoms with Crippen molar-refractivity contribution in [2.75, 3.05) is 10.3 Å². The first-order valence-electron chi connectivity index (χ1n) is 9.44. The monoisotopic (exact) mass is 449 g/mol. The normalized spacial score (nSPS) is 14.3. The summed E-state index contributed by atoms with van der Waals surface area (Å²) in [4.78, 5) is 14.9. The summed E-state index contributed by atoms with van der Waals surface area (Å²) in [6, 6.07) is 20.8. The van der Waals surface area contributed by atoms with E-state index in [1.807, 2.05) is 36.4 Å². The Morgan fingerprint density at radius 1 is 1.03 bits per heavy atom. The molecule has 5 nitrogen and oxygen atoms in total. The molecule has 0 atom stereocenters. The predicted molar refractivity (Wildman–Crippen MR) is 120 cm³/mol. The van der Waals surface area contributed by atoms with Crippen LogP contribution in [0.4, 0.5) is 17.1 Å². The van der Waals surface area contributed by atoms with Gasteiger partial charge in [0.2, 0.25) is 0 Å². The Balaban J connectivity index is 1.70. The maximum Gasteiger partial charge on any atom is 0.283 e. The van der Waals surface area contributed by atoms with E-state index in [-0.39, 0.29) is 11.7 Å². The van der Waals surface area contributed by atoms with Gasteiger partial charge in [0.05, 0.1) is 15.8 Å². The highest BCUT2D eigenvalue weighted by atomic mass is 79.9. The van der Waals surface area contributed by atoms with E-state index >= 15 is 0 Å². The van der Waals surface area contributed by atoms with Gasteiger partial charge in [-0.3, -0.25) is 15.1 Å². The van der Waals surface area contributed by atoms with Crippen molar-refractivity contribution in [1.29, 1.82) is 0 Å². The molecule has 146 valence electrons. The second-order valence-electron chi connectivity index (χ2n) is 6.78. The number of amides is 1. The van der Waals surface area contributed by atoms with Crippen molar-refractivity contribution in [3.63, 3.8) is 0 Å². The van der Waals surface area contributed by atoms with Crippen molar-refractivity contribution < 1.29 is 9.90 Å². The standard InChI is InChI=1S/C23H20BrN3O2/c1-2-6-15-11-13-16(14-12-15)27-20-10-4-3-7-17(20)21(23(27)29)26-25-19-9-5-8-18(24)22(19)28/h3-5,7-14,25,28H,2,6H2,1H3/b26-21-. The lowest BCUT2D eigenvalue weighted by Gasteiger charge is -2.17. The van der Waals surface area contributed by atoms with E-state index < -0.39 is 0 Å². The third-order valence-corrected chi connectivity index (χ3v) is 5.45. The number of benzene rings is 3. The number of aromatic hydroxyl groups is 1. The molecule has 1 aliphatic heterocycles. The minimum atomic E-state index is -0.212. The number of carbonyl (C=O) groups is 1. The van der Waals surface area contributed by atoms with Crippen LogP contribution >= 0.6 is 15.9 Å². The summed E-state index contributed by atoms with van der Waals surface area (Å²) in [7, 11) is 0.